The molecule has 0 aliphatic heterocycles. The lowest BCUT2D eigenvalue weighted by molar-refractivity contribution is -0.120. The Morgan fingerprint density at radius 1 is 1.16 bits per heavy atom. The summed E-state index contributed by atoms with van der Waals surface area (Å²) >= 11 is 1.31. The molecule has 25 heavy (non-hydrogen) atoms. The van der Waals surface area contributed by atoms with E-state index in [1.807, 2.05) is 6.07 Å². The summed E-state index contributed by atoms with van der Waals surface area (Å²) in [5.74, 6) is 0.485. The van der Waals surface area contributed by atoms with E-state index < -0.39 is 5.91 Å². The fraction of sp³-hybridized carbons (Fsp3) is 0.235. The van der Waals surface area contributed by atoms with Gasteiger partial charge in [0.15, 0.2) is 11.5 Å². The van der Waals surface area contributed by atoms with Crippen molar-refractivity contribution in [1.82, 2.24) is 10.7 Å². The standard InChI is InChI=1S/C17H19N3O4S/c1-11(12-6-7-13(23-2)14(9-12)24-3)19-20-16(21)10-18-17(22)15-5-4-8-25-15/h4-9H,10H2,1-3H3,(H,18,22)(H,20,21)/b19-11-. The number of hydrogen-bond donors (Lipinski definition) is 2. The van der Waals surface area contributed by atoms with Gasteiger partial charge in [0, 0.05) is 5.56 Å². The second-order valence-corrected chi connectivity index (χ2v) is 5.91. The first-order chi connectivity index (χ1) is 12.0. The molecule has 1 aromatic carbocycles. The molecule has 2 amide bonds. The Kier molecular flexibility index (Phi) is 6.53. The molecular formula is C17H19N3O4S. The zero-order chi connectivity index (χ0) is 18.2. The van der Waals surface area contributed by atoms with Crippen LogP contribution in [0.2, 0.25) is 0 Å². The van der Waals surface area contributed by atoms with E-state index in [0.717, 1.165) is 5.56 Å². The Bertz CT molecular complexity index is 772. The third-order valence-electron chi connectivity index (χ3n) is 3.30. The van der Waals surface area contributed by atoms with Crippen LogP contribution in [-0.2, 0) is 4.79 Å². The van der Waals surface area contributed by atoms with Crippen molar-refractivity contribution in [2.75, 3.05) is 20.8 Å². The lowest BCUT2D eigenvalue weighted by atomic mass is 10.1. The number of methoxy groups -OCH3 is 2. The van der Waals surface area contributed by atoms with E-state index in [2.05, 4.69) is 15.8 Å². The van der Waals surface area contributed by atoms with Crippen molar-refractivity contribution in [2.24, 2.45) is 5.10 Å². The van der Waals surface area contributed by atoms with E-state index >= 15 is 0 Å². The monoisotopic (exact) mass is 361 g/mol. The molecule has 0 fully saturated rings. The van der Waals surface area contributed by atoms with Crippen molar-refractivity contribution >= 4 is 28.9 Å². The zero-order valence-corrected chi connectivity index (χ0v) is 15.0. The van der Waals surface area contributed by atoms with E-state index in [1.165, 1.54) is 11.3 Å². The highest BCUT2D eigenvalue weighted by Crippen LogP contribution is 2.27. The van der Waals surface area contributed by atoms with Gasteiger partial charge < -0.3 is 14.8 Å². The summed E-state index contributed by atoms with van der Waals surface area (Å²) in [6.07, 6.45) is 0. The Labute approximate surface area is 149 Å². The van der Waals surface area contributed by atoms with Crippen molar-refractivity contribution in [2.45, 2.75) is 6.92 Å². The molecular weight excluding hydrogens is 342 g/mol. The third kappa shape index (κ3) is 5.05. The fourth-order valence-corrected chi connectivity index (χ4v) is 2.61. The number of ether oxygens (including phenoxy) is 2. The predicted octanol–water partition coefficient (Wildman–Crippen LogP) is 2.04. The van der Waals surface area contributed by atoms with Crippen molar-refractivity contribution in [3.05, 3.63) is 46.2 Å². The molecule has 2 rings (SSSR count). The van der Waals surface area contributed by atoms with E-state index in [0.29, 0.717) is 22.1 Å². The number of nitrogens with one attached hydrogen (secondary N) is 2. The maximum atomic E-state index is 11.8. The van der Waals surface area contributed by atoms with Gasteiger partial charge in [0.1, 0.15) is 0 Å². The van der Waals surface area contributed by atoms with Crippen LogP contribution in [0.25, 0.3) is 0 Å². The summed E-state index contributed by atoms with van der Waals surface area (Å²) < 4.78 is 10.4. The van der Waals surface area contributed by atoms with Gasteiger partial charge in [-0.15, -0.1) is 11.3 Å². The van der Waals surface area contributed by atoms with Crippen molar-refractivity contribution < 1.29 is 19.1 Å². The van der Waals surface area contributed by atoms with Gasteiger partial charge in [0.05, 0.1) is 31.4 Å². The molecule has 0 saturated heterocycles. The van der Waals surface area contributed by atoms with Crippen molar-refractivity contribution in [3.8, 4) is 11.5 Å². The zero-order valence-electron chi connectivity index (χ0n) is 14.2. The molecule has 8 heteroatoms. The second kappa shape index (κ2) is 8.84. The van der Waals surface area contributed by atoms with Gasteiger partial charge in [-0.3, -0.25) is 9.59 Å². The number of hydrazone groups is 1. The van der Waals surface area contributed by atoms with Crippen LogP contribution in [-0.4, -0.2) is 38.3 Å². The van der Waals surface area contributed by atoms with Crippen LogP contribution in [0.4, 0.5) is 0 Å². The molecule has 132 valence electrons. The van der Waals surface area contributed by atoms with Crippen LogP contribution in [0.3, 0.4) is 0 Å². The van der Waals surface area contributed by atoms with Gasteiger partial charge in [-0.25, -0.2) is 5.43 Å². The Balaban J connectivity index is 1.91. The fourth-order valence-electron chi connectivity index (χ4n) is 1.97. The number of thiophene rings is 1. The molecule has 0 aliphatic carbocycles. The minimum Gasteiger partial charge on any atom is -0.493 e. The molecule has 0 bridgehead atoms. The average Bonchev–Trinajstić information content (AvgIpc) is 3.18. The first-order valence-electron chi connectivity index (χ1n) is 7.42. The smallest absolute Gasteiger partial charge is 0.261 e. The Hall–Kier alpha value is -2.87. The third-order valence-corrected chi connectivity index (χ3v) is 4.17. The summed E-state index contributed by atoms with van der Waals surface area (Å²) in [6.45, 7) is 1.60. The largest absolute Gasteiger partial charge is 0.493 e. The Morgan fingerprint density at radius 2 is 1.92 bits per heavy atom. The maximum absolute atomic E-state index is 11.8. The van der Waals surface area contributed by atoms with Gasteiger partial charge in [0.2, 0.25) is 0 Å². The van der Waals surface area contributed by atoms with Crippen LogP contribution < -0.4 is 20.2 Å². The van der Waals surface area contributed by atoms with E-state index in [9.17, 15) is 9.59 Å². The van der Waals surface area contributed by atoms with E-state index in [1.54, 1.807) is 50.8 Å². The van der Waals surface area contributed by atoms with Gasteiger partial charge in [0.25, 0.3) is 11.8 Å². The highest BCUT2D eigenvalue weighted by molar-refractivity contribution is 7.12. The number of nitrogens with zero attached hydrogens (tertiary/aromatic N) is 1. The SMILES string of the molecule is COc1ccc(/C(C)=N\NC(=O)CNC(=O)c2cccs2)cc1OC. The first-order valence-corrected chi connectivity index (χ1v) is 8.30. The topological polar surface area (TPSA) is 89.0 Å². The minimum absolute atomic E-state index is 0.153. The quantitative estimate of drug-likeness (QED) is 0.583. The average molecular weight is 361 g/mol. The lowest BCUT2D eigenvalue weighted by Gasteiger charge is -2.09. The lowest BCUT2D eigenvalue weighted by Crippen LogP contribution is -2.34. The van der Waals surface area contributed by atoms with Crippen LogP contribution >= 0.6 is 11.3 Å². The summed E-state index contributed by atoms with van der Waals surface area (Å²) in [6, 6.07) is 8.80. The number of benzene rings is 1. The number of amides is 2. The summed E-state index contributed by atoms with van der Waals surface area (Å²) in [5.41, 5.74) is 3.79. The van der Waals surface area contributed by atoms with Gasteiger partial charge in [-0.1, -0.05) is 6.07 Å². The molecule has 0 saturated carbocycles. The number of hydrogen-bond acceptors (Lipinski definition) is 6. The summed E-state index contributed by atoms with van der Waals surface area (Å²) in [4.78, 5) is 24.1. The normalized spacial score (nSPS) is 10.9. The summed E-state index contributed by atoms with van der Waals surface area (Å²) in [5, 5.41) is 8.37. The number of carbonyl (C=O) groups is 2. The molecule has 2 aromatic rings. The molecule has 0 aliphatic rings. The predicted molar refractivity (Wildman–Crippen MR) is 96.6 cm³/mol. The van der Waals surface area contributed by atoms with E-state index in [4.69, 9.17) is 9.47 Å². The first kappa shape index (κ1) is 18.5. The molecule has 2 N–H and O–H groups in total. The van der Waals surface area contributed by atoms with Crippen LogP contribution in [0.5, 0.6) is 11.5 Å². The minimum atomic E-state index is -0.412. The molecule has 1 heterocycles. The van der Waals surface area contributed by atoms with Crippen LogP contribution in [0, 0.1) is 0 Å². The Morgan fingerprint density at radius 3 is 2.56 bits per heavy atom. The van der Waals surface area contributed by atoms with Crippen molar-refractivity contribution in [1.29, 1.82) is 0 Å². The highest BCUT2D eigenvalue weighted by atomic mass is 32.1. The van der Waals surface area contributed by atoms with E-state index in [-0.39, 0.29) is 12.5 Å². The molecule has 1 aromatic heterocycles. The molecule has 0 atom stereocenters. The molecule has 7 nitrogen and oxygen atoms in total. The van der Waals surface area contributed by atoms with Crippen LogP contribution in [0.1, 0.15) is 22.2 Å². The van der Waals surface area contributed by atoms with Gasteiger partial charge in [-0.2, -0.15) is 5.10 Å². The maximum Gasteiger partial charge on any atom is 0.261 e. The highest BCUT2D eigenvalue weighted by Gasteiger charge is 2.09. The van der Waals surface area contributed by atoms with Crippen LogP contribution in [0.15, 0.2) is 40.8 Å². The number of rotatable bonds is 7. The molecule has 0 unspecified atom stereocenters. The second-order valence-electron chi connectivity index (χ2n) is 4.96. The molecule has 0 spiro atoms. The van der Waals surface area contributed by atoms with Crippen molar-refractivity contribution in [3.63, 3.8) is 0 Å². The van der Waals surface area contributed by atoms with Gasteiger partial charge >= 0.3 is 0 Å². The summed E-state index contributed by atoms with van der Waals surface area (Å²) in [7, 11) is 3.11. The molecule has 0 radical (unpaired) electrons. The van der Waals surface area contributed by atoms with Gasteiger partial charge in [-0.05, 0) is 36.6 Å². The number of carbonyl (C=O) groups excluding carboxylic acids is 2.